The second-order valence-corrected chi connectivity index (χ2v) is 10.1. The summed E-state index contributed by atoms with van der Waals surface area (Å²) in [6.45, 7) is 6.13. The largest absolute Gasteiger partial charge is 0.588 e. The molecule has 0 saturated carbocycles. The number of nitrogens with one attached hydrogen (secondary N) is 1. The highest BCUT2D eigenvalue weighted by Crippen LogP contribution is 2.36. The zero-order chi connectivity index (χ0) is 21.1. The van der Waals surface area contributed by atoms with Crippen LogP contribution in [0.2, 0.25) is 10.0 Å². The van der Waals surface area contributed by atoms with Crippen molar-refractivity contribution in [3.8, 4) is 0 Å². The number of aryl methyl sites for hydroxylation is 3. The van der Waals surface area contributed by atoms with E-state index in [0.717, 1.165) is 54.5 Å². The predicted molar refractivity (Wildman–Crippen MR) is 122 cm³/mol. The number of hydrogen-bond donors (Lipinski definition) is 1. The minimum Gasteiger partial charge on any atom is -0.588 e. The van der Waals surface area contributed by atoms with Crippen LogP contribution >= 0.6 is 23.2 Å². The highest BCUT2D eigenvalue weighted by Gasteiger charge is 2.29. The van der Waals surface area contributed by atoms with Crippen LogP contribution in [0.5, 0.6) is 0 Å². The van der Waals surface area contributed by atoms with E-state index in [0.29, 0.717) is 14.9 Å². The van der Waals surface area contributed by atoms with Gasteiger partial charge >= 0.3 is 0 Å². The van der Waals surface area contributed by atoms with E-state index in [4.69, 9.17) is 23.2 Å². The van der Waals surface area contributed by atoms with Gasteiger partial charge in [-0.1, -0.05) is 29.6 Å². The molecular formula is C21H30Cl2N4OS. The van der Waals surface area contributed by atoms with E-state index < -0.39 is 11.4 Å². The molecule has 1 N–H and O–H groups in total. The van der Waals surface area contributed by atoms with Gasteiger partial charge in [-0.05, 0) is 76.2 Å². The first-order chi connectivity index (χ1) is 13.8. The number of halogens is 2. The van der Waals surface area contributed by atoms with Gasteiger partial charge in [-0.3, -0.25) is 4.68 Å². The fourth-order valence-corrected chi connectivity index (χ4v) is 6.21. The van der Waals surface area contributed by atoms with Crippen molar-refractivity contribution in [1.29, 1.82) is 0 Å². The third-order valence-electron chi connectivity index (χ3n) is 5.80. The van der Waals surface area contributed by atoms with Crippen LogP contribution in [-0.4, -0.2) is 34.5 Å². The van der Waals surface area contributed by atoms with Crippen LogP contribution in [0.1, 0.15) is 42.6 Å². The van der Waals surface area contributed by atoms with Gasteiger partial charge in [0.1, 0.15) is 27.1 Å². The van der Waals surface area contributed by atoms with E-state index in [1.807, 2.05) is 33.0 Å². The first kappa shape index (κ1) is 22.8. The van der Waals surface area contributed by atoms with Crippen LogP contribution in [0.4, 0.5) is 5.69 Å². The Hall–Kier alpha value is -0.920. The Balaban J connectivity index is 1.71. The van der Waals surface area contributed by atoms with E-state index in [9.17, 15) is 4.55 Å². The molecule has 1 saturated heterocycles. The number of piperidine rings is 1. The molecule has 0 bridgehead atoms. The number of benzene rings is 1. The number of hydrogen-bond acceptors (Lipinski definition) is 4. The van der Waals surface area contributed by atoms with Crippen molar-refractivity contribution in [2.24, 2.45) is 13.0 Å². The smallest absolute Gasteiger partial charge is 0.217 e. The van der Waals surface area contributed by atoms with Crippen molar-refractivity contribution in [3.63, 3.8) is 0 Å². The van der Waals surface area contributed by atoms with Gasteiger partial charge in [-0.25, -0.2) is 0 Å². The second kappa shape index (κ2) is 9.92. The normalized spacial score (nSPS) is 16.2. The molecule has 0 spiro atoms. The lowest BCUT2D eigenvalue weighted by molar-refractivity contribution is 0.347. The lowest BCUT2D eigenvalue weighted by Gasteiger charge is -2.24. The highest BCUT2D eigenvalue weighted by molar-refractivity contribution is 7.93. The summed E-state index contributed by atoms with van der Waals surface area (Å²) in [6.07, 6.45) is 5.81. The zero-order valence-electron chi connectivity index (χ0n) is 17.6. The summed E-state index contributed by atoms with van der Waals surface area (Å²) < 4.78 is 16.7. The summed E-state index contributed by atoms with van der Waals surface area (Å²) in [6, 6.07) is 3.83. The molecule has 2 heterocycles. The van der Waals surface area contributed by atoms with Crippen LogP contribution < -0.4 is 9.62 Å². The number of rotatable bonds is 7. The number of anilines is 1. The molecule has 1 fully saturated rings. The van der Waals surface area contributed by atoms with Gasteiger partial charge in [0.25, 0.3) is 0 Å². The van der Waals surface area contributed by atoms with Crippen molar-refractivity contribution in [2.75, 3.05) is 24.4 Å². The van der Waals surface area contributed by atoms with Crippen molar-refractivity contribution in [2.45, 2.75) is 50.8 Å². The standard InChI is InChI=1S/C21H30Cl2N4OS/c1-14-20(15(2)26(3)25-14)27(4)29(28)21-18(22)12-17(13-19(21)23)7-5-6-16-8-10-24-11-9-16/h12-13,16,24H,5-11H2,1-4H3. The van der Waals surface area contributed by atoms with Gasteiger partial charge in [-0.2, -0.15) is 9.40 Å². The second-order valence-electron chi connectivity index (χ2n) is 7.86. The molecule has 8 heteroatoms. The topological polar surface area (TPSA) is 56.2 Å². The van der Waals surface area contributed by atoms with Gasteiger partial charge in [0.2, 0.25) is 4.90 Å². The minimum absolute atomic E-state index is 0.457. The van der Waals surface area contributed by atoms with Crippen LogP contribution in [0.3, 0.4) is 0 Å². The van der Waals surface area contributed by atoms with Crippen LogP contribution in [-0.2, 0) is 24.8 Å². The van der Waals surface area contributed by atoms with E-state index in [1.165, 1.54) is 19.3 Å². The average Bonchev–Trinajstić information content (AvgIpc) is 2.93. The third-order valence-corrected chi connectivity index (χ3v) is 8.09. The Bertz CT molecular complexity index is 828. The molecule has 5 nitrogen and oxygen atoms in total. The SMILES string of the molecule is Cc1nn(C)c(C)c1N(C)[S+]([O-])c1c(Cl)cc(CCCC2CCNCC2)cc1Cl. The van der Waals surface area contributed by atoms with E-state index >= 15 is 0 Å². The Morgan fingerprint density at radius 1 is 1.24 bits per heavy atom. The van der Waals surface area contributed by atoms with Gasteiger partial charge in [0, 0.05) is 7.05 Å². The van der Waals surface area contributed by atoms with Gasteiger partial charge in [-0.15, -0.1) is 0 Å². The van der Waals surface area contributed by atoms with Crippen molar-refractivity contribution in [3.05, 3.63) is 39.1 Å². The maximum Gasteiger partial charge on any atom is 0.217 e. The van der Waals surface area contributed by atoms with Crippen molar-refractivity contribution >= 4 is 40.3 Å². The Labute approximate surface area is 187 Å². The lowest BCUT2D eigenvalue weighted by Crippen LogP contribution is -2.28. The molecule has 1 aliphatic heterocycles. The summed E-state index contributed by atoms with van der Waals surface area (Å²) in [7, 11) is 3.66. The number of aromatic nitrogens is 2. The van der Waals surface area contributed by atoms with E-state index in [2.05, 4.69) is 10.4 Å². The molecule has 29 heavy (non-hydrogen) atoms. The fraction of sp³-hybridized carbons (Fsp3) is 0.571. The average molecular weight is 457 g/mol. The molecule has 160 valence electrons. The molecule has 1 aliphatic rings. The Morgan fingerprint density at radius 3 is 2.41 bits per heavy atom. The molecule has 1 aromatic carbocycles. The zero-order valence-corrected chi connectivity index (χ0v) is 19.9. The maximum absolute atomic E-state index is 13.3. The third kappa shape index (κ3) is 5.23. The maximum atomic E-state index is 13.3. The van der Waals surface area contributed by atoms with Gasteiger partial charge in [0.05, 0.1) is 18.4 Å². The molecule has 1 atom stereocenters. The predicted octanol–water partition coefficient (Wildman–Crippen LogP) is 4.83. The number of nitrogens with zero attached hydrogens (tertiary/aromatic N) is 3. The highest BCUT2D eigenvalue weighted by atomic mass is 35.5. The monoisotopic (exact) mass is 456 g/mol. The quantitative estimate of drug-likeness (QED) is 0.606. The molecule has 3 rings (SSSR count). The Kier molecular flexibility index (Phi) is 7.79. The molecular weight excluding hydrogens is 427 g/mol. The summed E-state index contributed by atoms with van der Waals surface area (Å²) in [5.41, 5.74) is 3.71. The minimum atomic E-state index is -1.52. The first-order valence-corrected chi connectivity index (χ1v) is 12.0. The van der Waals surface area contributed by atoms with Gasteiger partial charge in [0.15, 0.2) is 0 Å². The van der Waals surface area contributed by atoms with Crippen molar-refractivity contribution in [1.82, 2.24) is 15.1 Å². The molecule has 1 aromatic heterocycles. The fourth-order valence-electron chi connectivity index (χ4n) is 4.13. The first-order valence-electron chi connectivity index (χ1n) is 10.1. The summed E-state index contributed by atoms with van der Waals surface area (Å²) in [4.78, 5) is 0.459. The molecule has 0 amide bonds. The van der Waals surface area contributed by atoms with E-state index in [1.54, 1.807) is 16.0 Å². The van der Waals surface area contributed by atoms with Crippen LogP contribution in [0.25, 0.3) is 0 Å². The van der Waals surface area contributed by atoms with Crippen LogP contribution in [0.15, 0.2) is 17.0 Å². The molecule has 1 unspecified atom stereocenters. The van der Waals surface area contributed by atoms with Crippen molar-refractivity contribution < 1.29 is 4.55 Å². The van der Waals surface area contributed by atoms with Gasteiger partial charge < -0.3 is 9.87 Å². The lowest BCUT2D eigenvalue weighted by atomic mass is 9.92. The Morgan fingerprint density at radius 2 is 1.86 bits per heavy atom. The molecule has 0 radical (unpaired) electrons. The molecule has 0 aliphatic carbocycles. The summed E-state index contributed by atoms with van der Waals surface area (Å²) in [5.74, 6) is 0.814. The van der Waals surface area contributed by atoms with Crippen LogP contribution in [0, 0.1) is 19.8 Å². The summed E-state index contributed by atoms with van der Waals surface area (Å²) in [5, 5.41) is 8.73. The molecule has 2 aromatic rings. The summed E-state index contributed by atoms with van der Waals surface area (Å²) >= 11 is 11.6. The van der Waals surface area contributed by atoms with E-state index in [-0.39, 0.29) is 0 Å².